The van der Waals surface area contributed by atoms with E-state index in [1.54, 1.807) is 6.92 Å². The van der Waals surface area contributed by atoms with E-state index >= 15 is 0 Å². The first-order valence-electron chi connectivity index (χ1n) is 4.39. The van der Waals surface area contributed by atoms with Gasteiger partial charge in [0.2, 0.25) is 0 Å². The molecule has 1 rings (SSSR count). The minimum absolute atomic E-state index is 0.414. The van der Waals surface area contributed by atoms with E-state index in [1.807, 2.05) is 0 Å². The highest BCUT2D eigenvalue weighted by Gasteiger charge is 2.24. The lowest BCUT2D eigenvalue weighted by Gasteiger charge is -2.31. The first-order chi connectivity index (χ1) is 5.01. The van der Waals surface area contributed by atoms with Crippen LogP contribution in [-0.4, -0.2) is 5.11 Å². The van der Waals surface area contributed by atoms with Crippen molar-refractivity contribution in [2.45, 2.75) is 46.5 Å². The zero-order chi connectivity index (χ0) is 8.48. The molecule has 0 heterocycles. The average Bonchev–Trinajstić information content (AvgIpc) is 1.85. The molecule has 0 spiro atoms. The summed E-state index contributed by atoms with van der Waals surface area (Å²) in [6.07, 6.45) is 4.71. The van der Waals surface area contributed by atoms with Gasteiger partial charge in [-0.25, -0.2) is 0 Å². The number of rotatable bonds is 0. The number of aliphatic hydroxyl groups excluding tert-OH is 1. The molecule has 0 aromatic carbocycles. The van der Waals surface area contributed by atoms with Crippen LogP contribution < -0.4 is 0 Å². The fraction of sp³-hybridized carbons (Fsp3) is 0.800. The lowest BCUT2D eigenvalue weighted by Crippen LogP contribution is -2.17. The second-order valence-electron chi connectivity index (χ2n) is 4.38. The molecule has 1 N–H and O–H groups in total. The summed E-state index contributed by atoms with van der Waals surface area (Å²) in [5.41, 5.74) is 1.68. The number of aliphatic hydroxyl groups is 1. The second kappa shape index (κ2) is 2.88. The van der Waals surface area contributed by atoms with Crippen molar-refractivity contribution < 1.29 is 5.11 Å². The van der Waals surface area contributed by atoms with Gasteiger partial charge in [0.25, 0.3) is 0 Å². The van der Waals surface area contributed by atoms with Gasteiger partial charge >= 0.3 is 0 Å². The van der Waals surface area contributed by atoms with Gasteiger partial charge in [0.1, 0.15) is 0 Å². The fourth-order valence-electron chi connectivity index (χ4n) is 1.84. The summed E-state index contributed by atoms with van der Waals surface area (Å²) < 4.78 is 0. The van der Waals surface area contributed by atoms with Crippen molar-refractivity contribution in [1.29, 1.82) is 0 Å². The van der Waals surface area contributed by atoms with Crippen LogP contribution in [0.4, 0.5) is 0 Å². The number of hydrogen-bond donors (Lipinski definition) is 1. The first kappa shape index (κ1) is 8.63. The summed E-state index contributed by atoms with van der Waals surface area (Å²) in [6.45, 7) is 6.35. The van der Waals surface area contributed by atoms with E-state index in [9.17, 15) is 5.11 Å². The predicted octanol–water partition coefficient (Wildman–Crippen LogP) is 3.42. The Kier molecular flexibility index (Phi) is 2.26. The third-order valence-corrected chi connectivity index (χ3v) is 2.54. The van der Waals surface area contributed by atoms with Gasteiger partial charge in [0, 0.05) is 0 Å². The molecule has 0 saturated heterocycles. The molecule has 1 fully saturated rings. The Morgan fingerprint density at radius 2 is 2.09 bits per heavy atom. The first-order valence-corrected chi connectivity index (χ1v) is 4.39. The maximum absolute atomic E-state index is 9.29. The van der Waals surface area contributed by atoms with Crippen LogP contribution in [0, 0.1) is 5.41 Å². The smallest absolute Gasteiger partial charge is 0.0883 e. The van der Waals surface area contributed by atoms with Gasteiger partial charge in [0.05, 0.1) is 5.76 Å². The van der Waals surface area contributed by atoms with E-state index in [-0.39, 0.29) is 0 Å². The van der Waals surface area contributed by atoms with Crippen molar-refractivity contribution in [3.05, 3.63) is 11.3 Å². The Morgan fingerprint density at radius 3 is 2.45 bits per heavy atom. The molecular weight excluding hydrogens is 136 g/mol. The van der Waals surface area contributed by atoms with Gasteiger partial charge in [-0.05, 0) is 43.6 Å². The molecule has 1 aliphatic carbocycles. The molecule has 64 valence electrons. The van der Waals surface area contributed by atoms with Crippen molar-refractivity contribution in [2.24, 2.45) is 5.41 Å². The normalized spacial score (nSPS) is 28.3. The fourth-order valence-corrected chi connectivity index (χ4v) is 1.84. The van der Waals surface area contributed by atoms with Crippen LogP contribution in [0.5, 0.6) is 0 Å². The lowest BCUT2D eigenvalue weighted by atomic mass is 9.75. The summed E-state index contributed by atoms with van der Waals surface area (Å²) in [6, 6.07) is 0. The zero-order valence-electron chi connectivity index (χ0n) is 7.78. The second-order valence-corrected chi connectivity index (χ2v) is 4.38. The largest absolute Gasteiger partial charge is 0.513 e. The molecular formula is C10H18O. The van der Waals surface area contributed by atoms with E-state index in [4.69, 9.17) is 0 Å². The third kappa shape index (κ3) is 2.25. The highest BCUT2D eigenvalue weighted by molar-refractivity contribution is 5.10. The molecule has 1 saturated carbocycles. The molecule has 0 amide bonds. The Balaban J connectivity index is 2.68. The average molecular weight is 154 g/mol. The number of allylic oxidation sites excluding steroid dienone is 2. The van der Waals surface area contributed by atoms with E-state index in [0.29, 0.717) is 11.2 Å². The molecule has 0 unspecified atom stereocenters. The quantitative estimate of drug-likeness (QED) is 0.530. The van der Waals surface area contributed by atoms with Crippen LogP contribution in [0.15, 0.2) is 11.3 Å². The van der Waals surface area contributed by atoms with Crippen molar-refractivity contribution in [2.75, 3.05) is 0 Å². The van der Waals surface area contributed by atoms with Crippen molar-refractivity contribution in [3.8, 4) is 0 Å². The summed E-state index contributed by atoms with van der Waals surface area (Å²) in [5.74, 6) is 0.553. The maximum atomic E-state index is 9.29. The van der Waals surface area contributed by atoms with Gasteiger partial charge in [0.15, 0.2) is 0 Å². The third-order valence-electron chi connectivity index (χ3n) is 2.54. The van der Waals surface area contributed by atoms with Crippen LogP contribution in [-0.2, 0) is 0 Å². The van der Waals surface area contributed by atoms with Gasteiger partial charge < -0.3 is 5.11 Å². The molecule has 1 heteroatoms. The summed E-state index contributed by atoms with van der Waals surface area (Å²) in [4.78, 5) is 0. The van der Waals surface area contributed by atoms with Gasteiger partial charge in [-0.3, -0.25) is 0 Å². The van der Waals surface area contributed by atoms with Crippen LogP contribution in [0.1, 0.15) is 46.5 Å². The Labute approximate surface area is 69.1 Å². The molecule has 0 aliphatic heterocycles. The molecule has 1 nitrogen and oxygen atoms in total. The Hall–Kier alpha value is -0.460. The van der Waals surface area contributed by atoms with E-state index in [1.165, 1.54) is 18.4 Å². The van der Waals surface area contributed by atoms with Crippen molar-refractivity contribution in [1.82, 2.24) is 0 Å². The maximum Gasteiger partial charge on any atom is 0.0883 e. The van der Waals surface area contributed by atoms with E-state index < -0.39 is 0 Å². The molecule has 0 atom stereocenters. The summed E-state index contributed by atoms with van der Waals surface area (Å²) in [5, 5.41) is 9.29. The minimum atomic E-state index is 0.414. The molecule has 0 aromatic rings. The monoisotopic (exact) mass is 154 g/mol. The highest BCUT2D eigenvalue weighted by Crippen LogP contribution is 2.38. The van der Waals surface area contributed by atoms with Gasteiger partial charge in [-0.15, -0.1) is 0 Å². The SMILES string of the molecule is C/C(O)=C1\CCCC(C)(C)C1. The molecule has 0 aromatic heterocycles. The Morgan fingerprint density at radius 1 is 1.45 bits per heavy atom. The van der Waals surface area contributed by atoms with Crippen LogP contribution in [0.3, 0.4) is 0 Å². The topological polar surface area (TPSA) is 20.2 Å². The number of hydrogen-bond acceptors (Lipinski definition) is 1. The molecule has 11 heavy (non-hydrogen) atoms. The van der Waals surface area contributed by atoms with Crippen LogP contribution >= 0.6 is 0 Å². The molecule has 0 bridgehead atoms. The summed E-state index contributed by atoms with van der Waals surface area (Å²) >= 11 is 0. The summed E-state index contributed by atoms with van der Waals surface area (Å²) in [7, 11) is 0. The van der Waals surface area contributed by atoms with Gasteiger partial charge in [-0.1, -0.05) is 13.8 Å². The van der Waals surface area contributed by atoms with Crippen LogP contribution in [0.2, 0.25) is 0 Å². The highest BCUT2D eigenvalue weighted by atomic mass is 16.3. The Bertz CT molecular complexity index is 173. The van der Waals surface area contributed by atoms with Crippen molar-refractivity contribution >= 4 is 0 Å². The van der Waals surface area contributed by atoms with E-state index in [0.717, 1.165) is 12.8 Å². The van der Waals surface area contributed by atoms with E-state index in [2.05, 4.69) is 13.8 Å². The molecule has 0 radical (unpaired) electrons. The zero-order valence-corrected chi connectivity index (χ0v) is 7.78. The minimum Gasteiger partial charge on any atom is -0.513 e. The lowest BCUT2D eigenvalue weighted by molar-refractivity contribution is 0.275. The standard InChI is InChI=1S/C10H18O/c1-8(11)9-5-4-6-10(2,3)7-9/h11H,4-7H2,1-3H3/b9-8-. The van der Waals surface area contributed by atoms with Gasteiger partial charge in [-0.2, -0.15) is 0 Å². The van der Waals surface area contributed by atoms with Crippen LogP contribution in [0.25, 0.3) is 0 Å². The van der Waals surface area contributed by atoms with Crippen molar-refractivity contribution in [3.63, 3.8) is 0 Å². The molecule has 1 aliphatic rings. The predicted molar refractivity (Wildman–Crippen MR) is 47.6 cm³/mol.